The largest absolute Gasteiger partial charge is 0.441 e. The molecule has 2 aliphatic rings. The molecule has 0 bridgehead atoms. The first kappa shape index (κ1) is 19.4. The maximum absolute atomic E-state index is 13.2. The van der Waals surface area contributed by atoms with Crippen LogP contribution in [0.4, 0.5) is 5.69 Å². The summed E-state index contributed by atoms with van der Waals surface area (Å²) >= 11 is 0. The van der Waals surface area contributed by atoms with Crippen molar-refractivity contribution in [2.45, 2.75) is 46.1 Å². The van der Waals surface area contributed by atoms with E-state index in [1.165, 1.54) is 4.90 Å². The molecule has 0 spiro atoms. The van der Waals surface area contributed by atoms with Crippen molar-refractivity contribution < 1.29 is 18.8 Å². The van der Waals surface area contributed by atoms with Gasteiger partial charge in [0, 0.05) is 12.6 Å². The Kier molecular flexibility index (Phi) is 4.98. The Balaban J connectivity index is 1.59. The van der Waals surface area contributed by atoms with E-state index in [1.54, 1.807) is 25.1 Å². The SMILES string of the molecule is Cc1nc2cc(NC(=O)[C@@H](CC(C)C)N3C(=O)[C@H]4CC=CC[C@H]4C3=O)ccc2o1. The second-order valence-electron chi connectivity index (χ2n) is 8.25. The van der Waals surface area contributed by atoms with Gasteiger partial charge in [-0.2, -0.15) is 0 Å². The van der Waals surface area contributed by atoms with E-state index in [-0.39, 0.29) is 35.5 Å². The molecule has 7 nitrogen and oxygen atoms in total. The number of amides is 3. The molecule has 2 aromatic rings. The van der Waals surface area contributed by atoms with Gasteiger partial charge in [-0.1, -0.05) is 26.0 Å². The van der Waals surface area contributed by atoms with Crippen LogP contribution in [-0.2, 0) is 14.4 Å². The maximum Gasteiger partial charge on any atom is 0.247 e. The number of hydrogen-bond donors (Lipinski definition) is 1. The molecule has 7 heteroatoms. The predicted octanol–water partition coefficient (Wildman–Crippen LogP) is 3.44. The Bertz CT molecular complexity index is 981. The Morgan fingerprint density at radius 3 is 2.48 bits per heavy atom. The molecular formula is C22H25N3O4. The van der Waals surface area contributed by atoms with E-state index in [9.17, 15) is 14.4 Å². The van der Waals surface area contributed by atoms with Gasteiger partial charge in [0.1, 0.15) is 11.6 Å². The van der Waals surface area contributed by atoms with Gasteiger partial charge in [0.2, 0.25) is 17.7 Å². The molecule has 0 saturated carbocycles. The molecule has 0 unspecified atom stereocenters. The maximum atomic E-state index is 13.2. The molecule has 0 radical (unpaired) electrons. The number of carbonyl (C=O) groups is 3. The molecule has 1 aliphatic heterocycles. The Morgan fingerprint density at radius 1 is 1.21 bits per heavy atom. The van der Waals surface area contributed by atoms with Gasteiger partial charge < -0.3 is 9.73 Å². The van der Waals surface area contributed by atoms with Crippen LogP contribution < -0.4 is 5.32 Å². The minimum Gasteiger partial charge on any atom is -0.441 e. The van der Waals surface area contributed by atoms with Crippen molar-refractivity contribution in [3.05, 3.63) is 36.2 Å². The number of benzene rings is 1. The molecule has 1 aromatic carbocycles. The lowest BCUT2D eigenvalue weighted by Gasteiger charge is -2.27. The number of fused-ring (bicyclic) bond motifs is 2. The minimum atomic E-state index is -0.824. The lowest BCUT2D eigenvalue weighted by molar-refractivity contribution is -0.147. The highest BCUT2D eigenvalue weighted by Crippen LogP contribution is 2.37. The van der Waals surface area contributed by atoms with Crippen LogP contribution in [0.2, 0.25) is 0 Å². The van der Waals surface area contributed by atoms with Crippen molar-refractivity contribution in [1.82, 2.24) is 9.88 Å². The molecule has 152 valence electrons. The number of allylic oxidation sites excluding steroid dienone is 2. The summed E-state index contributed by atoms with van der Waals surface area (Å²) in [5.41, 5.74) is 1.84. The van der Waals surface area contributed by atoms with E-state index < -0.39 is 6.04 Å². The normalized spacial score (nSPS) is 22.4. The molecular weight excluding hydrogens is 370 g/mol. The van der Waals surface area contributed by atoms with Gasteiger partial charge >= 0.3 is 0 Å². The number of carbonyl (C=O) groups excluding carboxylic acids is 3. The van der Waals surface area contributed by atoms with Crippen molar-refractivity contribution in [2.75, 3.05) is 5.32 Å². The average molecular weight is 395 g/mol. The fraction of sp³-hybridized carbons (Fsp3) is 0.455. The van der Waals surface area contributed by atoms with Crippen LogP contribution in [0.1, 0.15) is 39.0 Å². The van der Waals surface area contributed by atoms with Crippen molar-refractivity contribution in [3.63, 3.8) is 0 Å². The van der Waals surface area contributed by atoms with Crippen LogP contribution in [0.5, 0.6) is 0 Å². The number of rotatable bonds is 5. The molecule has 1 aliphatic carbocycles. The lowest BCUT2D eigenvalue weighted by Crippen LogP contribution is -2.48. The van der Waals surface area contributed by atoms with E-state index in [0.29, 0.717) is 41.9 Å². The summed E-state index contributed by atoms with van der Waals surface area (Å²) < 4.78 is 5.46. The number of nitrogens with one attached hydrogen (secondary N) is 1. The summed E-state index contributed by atoms with van der Waals surface area (Å²) in [5, 5.41) is 2.87. The Labute approximate surface area is 169 Å². The zero-order valence-corrected chi connectivity index (χ0v) is 16.8. The van der Waals surface area contributed by atoms with Gasteiger partial charge in [0.25, 0.3) is 0 Å². The van der Waals surface area contributed by atoms with Gasteiger partial charge in [0.05, 0.1) is 11.8 Å². The molecule has 3 atom stereocenters. The highest BCUT2D eigenvalue weighted by atomic mass is 16.3. The van der Waals surface area contributed by atoms with Gasteiger partial charge in [0.15, 0.2) is 11.5 Å². The van der Waals surface area contributed by atoms with Crippen LogP contribution in [0.25, 0.3) is 11.1 Å². The van der Waals surface area contributed by atoms with E-state index in [0.717, 1.165) is 0 Å². The predicted molar refractivity (Wildman–Crippen MR) is 108 cm³/mol. The third-order valence-corrected chi connectivity index (χ3v) is 5.61. The molecule has 1 saturated heterocycles. The highest BCUT2D eigenvalue weighted by Gasteiger charge is 2.51. The molecule has 2 heterocycles. The van der Waals surface area contributed by atoms with Crippen LogP contribution in [0.15, 0.2) is 34.8 Å². The van der Waals surface area contributed by atoms with Crippen LogP contribution >= 0.6 is 0 Å². The summed E-state index contributed by atoms with van der Waals surface area (Å²) in [4.78, 5) is 44.6. The molecule has 29 heavy (non-hydrogen) atoms. The van der Waals surface area contributed by atoms with E-state index in [4.69, 9.17) is 4.42 Å². The average Bonchev–Trinajstić information content (AvgIpc) is 3.16. The van der Waals surface area contributed by atoms with Crippen molar-refractivity contribution in [2.24, 2.45) is 17.8 Å². The van der Waals surface area contributed by atoms with Gasteiger partial charge in [-0.15, -0.1) is 0 Å². The first-order valence-corrected chi connectivity index (χ1v) is 10.0. The number of aromatic nitrogens is 1. The third-order valence-electron chi connectivity index (χ3n) is 5.61. The number of oxazole rings is 1. The fourth-order valence-corrected chi connectivity index (χ4v) is 4.26. The number of aryl methyl sites for hydroxylation is 1. The molecule has 1 fully saturated rings. The monoisotopic (exact) mass is 395 g/mol. The summed E-state index contributed by atoms with van der Waals surface area (Å²) in [6.45, 7) is 5.71. The number of nitrogens with zero attached hydrogens (tertiary/aromatic N) is 2. The standard InChI is InChI=1S/C22H25N3O4/c1-12(2)10-18(25-21(27)15-6-4-5-7-16(15)22(25)28)20(26)24-14-8-9-19-17(11-14)23-13(3)29-19/h4-5,8-9,11-12,15-16,18H,6-7,10H2,1-3H3,(H,24,26)/t15-,16+,18-/m1/s1. The van der Waals surface area contributed by atoms with E-state index in [1.807, 2.05) is 26.0 Å². The van der Waals surface area contributed by atoms with E-state index >= 15 is 0 Å². The van der Waals surface area contributed by atoms with Gasteiger partial charge in [-0.25, -0.2) is 4.98 Å². The van der Waals surface area contributed by atoms with Crippen LogP contribution in [-0.4, -0.2) is 33.6 Å². The molecule has 1 aromatic heterocycles. The van der Waals surface area contributed by atoms with E-state index in [2.05, 4.69) is 10.3 Å². The summed E-state index contributed by atoms with van der Waals surface area (Å²) in [5.74, 6) is -0.806. The van der Waals surface area contributed by atoms with Crippen LogP contribution in [0.3, 0.4) is 0 Å². The molecule has 4 rings (SSSR count). The Morgan fingerprint density at radius 2 is 1.86 bits per heavy atom. The summed E-state index contributed by atoms with van der Waals surface area (Å²) in [7, 11) is 0. The first-order valence-electron chi connectivity index (χ1n) is 10.0. The zero-order valence-electron chi connectivity index (χ0n) is 16.8. The number of anilines is 1. The molecule has 3 amide bonds. The fourth-order valence-electron chi connectivity index (χ4n) is 4.26. The highest BCUT2D eigenvalue weighted by molar-refractivity contribution is 6.10. The summed E-state index contributed by atoms with van der Waals surface area (Å²) in [6.07, 6.45) is 5.43. The van der Waals surface area contributed by atoms with Gasteiger partial charge in [-0.3, -0.25) is 19.3 Å². The third kappa shape index (κ3) is 3.57. The Hall–Kier alpha value is -2.96. The number of hydrogen-bond acceptors (Lipinski definition) is 5. The zero-order chi connectivity index (χ0) is 20.7. The smallest absolute Gasteiger partial charge is 0.247 e. The number of likely N-dealkylation sites (tertiary alicyclic amines) is 1. The van der Waals surface area contributed by atoms with Crippen LogP contribution in [0, 0.1) is 24.7 Å². The first-order chi connectivity index (χ1) is 13.8. The quantitative estimate of drug-likeness (QED) is 0.618. The lowest BCUT2D eigenvalue weighted by atomic mass is 9.85. The second-order valence-corrected chi connectivity index (χ2v) is 8.25. The number of imide groups is 1. The summed E-state index contributed by atoms with van der Waals surface area (Å²) in [6, 6.07) is 4.38. The van der Waals surface area contributed by atoms with Crippen molar-refractivity contribution in [3.8, 4) is 0 Å². The minimum absolute atomic E-state index is 0.146. The van der Waals surface area contributed by atoms with Crippen molar-refractivity contribution in [1.29, 1.82) is 0 Å². The second kappa shape index (κ2) is 7.46. The topological polar surface area (TPSA) is 92.5 Å². The molecule has 1 N–H and O–H groups in total. The van der Waals surface area contributed by atoms with Gasteiger partial charge in [-0.05, 0) is 43.4 Å². The van der Waals surface area contributed by atoms with Crippen molar-refractivity contribution >= 4 is 34.5 Å².